The molecule has 0 aromatic heterocycles. The van der Waals surface area contributed by atoms with Crippen LogP contribution in [0.4, 0.5) is 16.2 Å². The second-order valence-electron chi connectivity index (χ2n) is 4.90. The molecule has 5 nitrogen and oxygen atoms in total. The van der Waals surface area contributed by atoms with E-state index in [0.29, 0.717) is 6.42 Å². The predicted octanol–water partition coefficient (Wildman–Crippen LogP) is 2.43. The molecule has 2 amide bonds. The van der Waals surface area contributed by atoms with Crippen molar-refractivity contribution in [2.24, 2.45) is 0 Å². The molecule has 1 atom stereocenters. The zero-order valence-corrected chi connectivity index (χ0v) is 12.5. The summed E-state index contributed by atoms with van der Waals surface area (Å²) in [6, 6.07) is 7.55. The topological polar surface area (TPSA) is 64.6 Å². The van der Waals surface area contributed by atoms with Gasteiger partial charge in [-0.3, -0.25) is 0 Å². The Morgan fingerprint density at radius 2 is 2.10 bits per heavy atom. The van der Waals surface area contributed by atoms with Crippen molar-refractivity contribution in [3.8, 4) is 0 Å². The van der Waals surface area contributed by atoms with E-state index in [2.05, 4.69) is 22.5 Å². The minimum Gasteiger partial charge on any atom is -0.396 e. The molecule has 0 saturated carbocycles. The molecule has 3 N–H and O–H groups in total. The zero-order chi connectivity index (χ0) is 15.0. The molecule has 1 aromatic carbocycles. The lowest BCUT2D eigenvalue weighted by molar-refractivity contribution is 0.245. The molecular formula is C15H25N3O2. The van der Waals surface area contributed by atoms with Crippen LogP contribution in [0.25, 0.3) is 0 Å². The van der Waals surface area contributed by atoms with E-state index in [1.807, 2.05) is 38.2 Å². The van der Waals surface area contributed by atoms with Gasteiger partial charge < -0.3 is 20.6 Å². The zero-order valence-electron chi connectivity index (χ0n) is 12.5. The number of amides is 2. The average molecular weight is 279 g/mol. The van der Waals surface area contributed by atoms with Gasteiger partial charge in [-0.05, 0) is 38.8 Å². The lowest BCUT2D eigenvalue weighted by Gasteiger charge is -2.21. The van der Waals surface area contributed by atoms with E-state index >= 15 is 0 Å². The third-order valence-electron chi connectivity index (χ3n) is 3.21. The van der Waals surface area contributed by atoms with Crippen molar-refractivity contribution >= 4 is 17.4 Å². The summed E-state index contributed by atoms with van der Waals surface area (Å²) in [5.74, 6) is 0. The van der Waals surface area contributed by atoms with E-state index in [0.717, 1.165) is 24.3 Å². The SMILES string of the molecule is CCN(C)c1ccccc1NC(=O)NC(C)CCCO. The highest BCUT2D eigenvalue weighted by Gasteiger charge is 2.10. The van der Waals surface area contributed by atoms with Crippen LogP contribution in [-0.2, 0) is 0 Å². The van der Waals surface area contributed by atoms with E-state index in [4.69, 9.17) is 5.11 Å². The van der Waals surface area contributed by atoms with Crippen molar-refractivity contribution in [2.45, 2.75) is 32.7 Å². The number of urea groups is 1. The van der Waals surface area contributed by atoms with Crippen LogP contribution in [0.15, 0.2) is 24.3 Å². The summed E-state index contributed by atoms with van der Waals surface area (Å²) < 4.78 is 0. The summed E-state index contributed by atoms with van der Waals surface area (Å²) in [4.78, 5) is 14.0. The summed E-state index contributed by atoms with van der Waals surface area (Å²) in [5, 5.41) is 14.5. The van der Waals surface area contributed by atoms with Crippen molar-refractivity contribution in [3.63, 3.8) is 0 Å². The predicted molar refractivity (Wildman–Crippen MR) is 83.3 cm³/mol. The molecule has 0 bridgehead atoms. The van der Waals surface area contributed by atoms with Crippen LogP contribution in [-0.4, -0.2) is 37.4 Å². The fourth-order valence-electron chi connectivity index (χ4n) is 1.93. The van der Waals surface area contributed by atoms with Crippen LogP contribution in [0, 0.1) is 0 Å². The number of carbonyl (C=O) groups excluding carboxylic acids is 1. The molecule has 20 heavy (non-hydrogen) atoms. The van der Waals surface area contributed by atoms with Crippen LogP contribution >= 0.6 is 0 Å². The van der Waals surface area contributed by atoms with Gasteiger partial charge in [0.1, 0.15) is 0 Å². The third-order valence-corrected chi connectivity index (χ3v) is 3.21. The van der Waals surface area contributed by atoms with Crippen LogP contribution < -0.4 is 15.5 Å². The van der Waals surface area contributed by atoms with E-state index in [1.165, 1.54) is 0 Å². The van der Waals surface area contributed by atoms with Gasteiger partial charge in [-0.25, -0.2) is 4.79 Å². The first kappa shape index (κ1) is 16.3. The molecule has 1 rings (SSSR count). The number of nitrogens with one attached hydrogen (secondary N) is 2. The highest BCUT2D eigenvalue weighted by Crippen LogP contribution is 2.24. The molecule has 0 fully saturated rings. The molecule has 0 spiro atoms. The monoisotopic (exact) mass is 279 g/mol. The number of benzene rings is 1. The van der Waals surface area contributed by atoms with E-state index in [1.54, 1.807) is 0 Å². The molecule has 0 aliphatic heterocycles. The number of nitrogens with zero attached hydrogens (tertiary/aromatic N) is 1. The van der Waals surface area contributed by atoms with Crippen LogP contribution in [0.5, 0.6) is 0 Å². The van der Waals surface area contributed by atoms with E-state index in [9.17, 15) is 4.79 Å². The van der Waals surface area contributed by atoms with Gasteiger partial charge in [0.15, 0.2) is 0 Å². The number of hydrogen-bond acceptors (Lipinski definition) is 3. The molecule has 0 saturated heterocycles. The van der Waals surface area contributed by atoms with Gasteiger partial charge in [0, 0.05) is 26.2 Å². The smallest absolute Gasteiger partial charge is 0.319 e. The number of aliphatic hydroxyl groups excluding tert-OH is 1. The van der Waals surface area contributed by atoms with Crippen molar-refractivity contribution in [2.75, 3.05) is 30.4 Å². The maximum Gasteiger partial charge on any atom is 0.319 e. The number of anilines is 2. The molecule has 0 aliphatic rings. The normalized spacial score (nSPS) is 11.8. The van der Waals surface area contributed by atoms with Gasteiger partial charge in [-0.15, -0.1) is 0 Å². The van der Waals surface area contributed by atoms with Gasteiger partial charge in [0.05, 0.1) is 11.4 Å². The number of para-hydroxylation sites is 2. The fourth-order valence-corrected chi connectivity index (χ4v) is 1.93. The Labute approximate surface area is 121 Å². The molecule has 1 aromatic rings. The maximum absolute atomic E-state index is 11.9. The van der Waals surface area contributed by atoms with Crippen molar-refractivity contribution in [3.05, 3.63) is 24.3 Å². The van der Waals surface area contributed by atoms with Crippen molar-refractivity contribution in [1.82, 2.24) is 5.32 Å². The van der Waals surface area contributed by atoms with Gasteiger partial charge in [0.25, 0.3) is 0 Å². The van der Waals surface area contributed by atoms with Crippen LogP contribution in [0.2, 0.25) is 0 Å². The average Bonchev–Trinajstić information content (AvgIpc) is 2.44. The fraction of sp³-hybridized carbons (Fsp3) is 0.533. The van der Waals surface area contributed by atoms with E-state index < -0.39 is 0 Å². The van der Waals surface area contributed by atoms with Gasteiger partial charge in [0.2, 0.25) is 0 Å². The van der Waals surface area contributed by atoms with E-state index in [-0.39, 0.29) is 18.7 Å². The number of aliphatic hydroxyl groups is 1. The maximum atomic E-state index is 11.9. The first-order valence-electron chi connectivity index (χ1n) is 7.07. The molecule has 0 radical (unpaired) electrons. The minimum absolute atomic E-state index is 0.0400. The Morgan fingerprint density at radius 3 is 2.75 bits per heavy atom. The van der Waals surface area contributed by atoms with Crippen molar-refractivity contribution in [1.29, 1.82) is 0 Å². The first-order chi connectivity index (χ1) is 9.58. The van der Waals surface area contributed by atoms with Gasteiger partial charge >= 0.3 is 6.03 Å². The van der Waals surface area contributed by atoms with Gasteiger partial charge in [-0.2, -0.15) is 0 Å². The van der Waals surface area contributed by atoms with Crippen LogP contribution in [0.1, 0.15) is 26.7 Å². The molecule has 1 unspecified atom stereocenters. The molecule has 0 heterocycles. The number of carbonyl (C=O) groups is 1. The summed E-state index contributed by atoms with van der Waals surface area (Å²) >= 11 is 0. The third kappa shape index (κ3) is 5.09. The molecule has 5 heteroatoms. The van der Waals surface area contributed by atoms with Crippen molar-refractivity contribution < 1.29 is 9.90 Å². The Hall–Kier alpha value is -1.75. The number of rotatable bonds is 7. The quantitative estimate of drug-likeness (QED) is 0.718. The minimum atomic E-state index is -0.215. The molecule has 112 valence electrons. The lowest BCUT2D eigenvalue weighted by atomic mass is 10.2. The Kier molecular flexibility index (Phi) is 6.87. The second-order valence-corrected chi connectivity index (χ2v) is 4.90. The first-order valence-corrected chi connectivity index (χ1v) is 7.07. The summed E-state index contributed by atoms with van der Waals surface area (Å²) in [7, 11) is 1.99. The van der Waals surface area contributed by atoms with Gasteiger partial charge in [-0.1, -0.05) is 12.1 Å². The Balaban J connectivity index is 2.62. The highest BCUT2D eigenvalue weighted by molar-refractivity contribution is 5.93. The highest BCUT2D eigenvalue weighted by atomic mass is 16.3. The standard InChI is InChI=1S/C15H25N3O2/c1-4-18(3)14-10-6-5-9-13(14)17-15(20)16-12(2)8-7-11-19/h5-6,9-10,12,19H,4,7-8,11H2,1-3H3,(H2,16,17,20). The number of hydrogen-bond donors (Lipinski definition) is 3. The second kappa shape index (κ2) is 8.43. The molecule has 0 aliphatic carbocycles. The largest absolute Gasteiger partial charge is 0.396 e. The van der Waals surface area contributed by atoms with Crippen LogP contribution in [0.3, 0.4) is 0 Å². The summed E-state index contributed by atoms with van der Waals surface area (Å²) in [5.41, 5.74) is 1.79. The Morgan fingerprint density at radius 1 is 1.40 bits per heavy atom. The summed E-state index contributed by atoms with van der Waals surface area (Å²) in [6.07, 6.45) is 1.46. The molecular weight excluding hydrogens is 254 g/mol. The Bertz CT molecular complexity index is 423. The summed E-state index contributed by atoms with van der Waals surface area (Å²) in [6.45, 7) is 5.01. The lowest BCUT2D eigenvalue weighted by Crippen LogP contribution is -2.36.